The molecule has 2 aliphatic rings. The summed E-state index contributed by atoms with van der Waals surface area (Å²) in [4.78, 5) is 12.7. The van der Waals surface area contributed by atoms with Gasteiger partial charge in [-0.05, 0) is 29.2 Å². The molecule has 1 aromatic rings. The van der Waals surface area contributed by atoms with Crippen LogP contribution in [0.25, 0.3) is 41.8 Å². The van der Waals surface area contributed by atoms with Crippen LogP contribution in [-0.2, 0) is 0 Å². The van der Waals surface area contributed by atoms with Crippen molar-refractivity contribution in [3.05, 3.63) is 102 Å². The molecular weight excluding hydrogens is 407 g/mol. The Morgan fingerprint density at radius 3 is 1.66 bits per heavy atom. The van der Waals surface area contributed by atoms with E-state index in [2.05, 4.69) is 19.4 Å². The van der Waals surface area contributed by atoms with E-state index < -0.39 is 28.5 Å². The summed E-state index contributed by atoms with van der Waals surface area (Å²) in [5, 5.41) is 38.1. The summed E-state index contributed by atoms with van der Waals surface area (Å²) in [7, 11) is 0. The van der Waals surface area contributed by atoms with Gasteiger partial charge in [0.25, 0.3) is 11.4 Å². The van der Waals surface area contributed by atoms with Crippen LogP contribution in [0, 0.1) is 84.4 Å². The minimum atomic E-state index is -1.11. The van der Waals surface area contributed by atoms with Gasteiger partial charge in [-0.2, -0.15) is 10.5 Å². The summed E-state index contributed by atoms with van der Waals surface area (Å²) < 4.78 is 15.9. The van der Waals surface area contributed by atoms with Gasteiger partial charge < -0.3 is 0 Å². The second-order valence-electron chi connectivity index (χ2n) is 6.23. The van der Waals surface area contributed by atoms with Crippen molar-refractivity contribution in [1.82, 2.24) is 0 Å². The van der Waals surface area contributed by atoms with E-state index in [1.54, 1.807) is 24.3 Å². The molecule has 0 heterocycles. The fourth-order valence-electron chi connectivity index (χ4n) is 3.84. The summed E-state index contributed by atoms with van der Waals surface area (Å²) in [6.07, 6.45) is 0. The molecule has 0 N–H and O–H groups in total. The summed E-state index contributed by atoms with van der Waals surface area (Å²) in [5.41, 5.74) is -3.90. The molecule has 0 atom stereocenters. The predicted octanol–water partition coefficient (Wildman–Crippen LogP) is 4.78. The van der Waals surface area contributed by atoms with Crippen molar-refractivity contribution in [2.24, 2.45) is 0 Å². The van der Waals surface area contributed by atoms with E-state index >= 15 is 4.39 Å². The van der Waals surface area contributed by atoms with Crippen LogP contribution in [0.1, 0.15) is 27.8 Å². The summed E-state index contributed by atoms with van der Waals surface area (Å²) >= 11 is 0. The molecule has 0 saturated heterocycles. The van der Waals surface area contributed by atoms with Gasteiger partial charge in [-0.15, -0.1) is 0 Å². The topological polar surface area (TPSA) is 113 Å². The van der Waals surface area contributed by atoms with Crippen LogP contribution in [-0.4, -0.2) is 0 Å². The normalized spacial score (nSPS) is 16.1. The number of benzene rings is 1. The molecule has 0 fully saturated rings. The molecule has 0 radical (unpaired) electrons. The smallest absolute Gasteiger partial charge is 0.251 e. The Hall–Kier alpha value is -5.97. The second kappa shape index (κ2) is 7.46. The highest BCUT2D eigenvalue weighted by molar-refractivity contribution is 6.14. The lowest BCUT2D eigenvalue weighted by molar-refractivity contribution is 0.620. The highest BCUT2D eigenvalue weighted by Crippen LogP contribution is 2.54. The first-order valence-electron chi connectivity index (χ1n) is 8.37. The third-order valence-electron chi connectivity index (χ3n) is 4.99. The molecule has 1 aromatic carbocycles. The number of fused-ring (bicyclic) bond motifs is 2. The first-order valence-corrected chi connectivity index (χ1v) is 8.37. The minimum absolute atomic E-state index is 0.0814. The van der Waals surface area contributed by atoms with Gasteiger partial charge in [0.05, 0.1) is 55.6 Å². The summed E-state index contributed by atoms with van der Waals surface area (Å²) in [5.74, 6) is -1.11. The van der Waals surface area contributed by atoms with Gasteiger partial charge in [0.15, 0.2) is 5.70 Å². The third-order valence-corrected chi connectivity index (χ3v) is 4.99. The average Bonchev–Trinajstić information content (AvgIpc) is 3.32. The second-order valence-corrected chi connectivity index (χ2v) is 6.23. The van der Waals surface area contributed by atoms with Crippen LogP contribution in [0.4, 0.5) is 4.39 Å². The lowest BCUT2D eigenvalue weighted by Crippen LogP contribution is -2.04. The van der Waals surface area contributed by atoms with Crippen LogP contribution in [0.5, 0.6) is 0 Å². The van der Waals surface area contributed by atoms with Crippen LogP contribution in [0.3, 0.4) is 0 Å². The quantitative estimate of drug-likeness (QED) is 0.452. The van der Waals surface area contributed by atoms with Crippen molar-refractivity contribution < 1.29 is 4.39 Å². The predicted molar refractivity (Wildman–Crippen MR) is 108 cm³/mol. The molecule has 0 bridgehead atoms. The van der Waals surface area contributed by atoms with E-state index in [-0.39, 0.29) is 50.2 Å². The largest absolute Gasteiger partial charge is 0.270 e. The molecular formula is C23H3FN8. The number of nitriles is 4. The highest BCUT2D eigenvalue weighted by Gasteiger charge is 2.41. The van der Waals surface area contributed by atoms with Crippen molar-refractivity contribution in [1.29, 1.82) is 21.0 Å². The molecule has 0 unspecified atom stereocenters. The zero-order chi connectivity index (χ0) is 23.7. The molecule has 8 nitrogen and oxygen atoms in total. The fourth-order valence-corrected chi connectivity index (χ4v) is 3.84. The fraction of sp³-hybridized carbons (Fsp3) is 0.0435. The monoisotopic (exact) mass is 410 g/mol. The van der Waals surface area contributed by atoms with E-state index in [1.165, 1.54) is 6.92 Å². The molecule has 2 aliphatic carbocycles. The lowest BCUT2D eigenvalue weighted by atomic mass is 9.87. The van der Waals surface area contributed by atoms with Gasteiger partial charge in [-0.25, -0.2) is 29.4 Å². The van der Waals surface area contributed by atoms with E-state index in [0.717, 1.165) is 0 Å². The number of rotatable bonds is 0. The Bertz CT molecular complexity index is 1500. The van der Waals surface area contributed by atoms with Crippen LogP contribution in [0.2, 0.25) is 0 Å². The SMILES string of the molecule is [C-]#[N+]C1=C([N+]#[C-])c2c(F)c3c(c(C)c2/C1=C(\C#N)[N+]#[C-])/C(=C(/C#N)[N+]#[C-])C(C#N)=C3C#N. The number of hydrogen-bond acceptors (Lipinski definition) is 4. The number of hydrogen-bond donors (Lipinski definition) is 0. The van der Waals surface area contributed by atoms with Crippen molar-refractivity contribution in [3.8, 4) is 24.3 Å². The van der Waals surface area contributed by atoms with Crippen LogP contribution < -0.4 is 0 Å². The molecule has 0 saturated carbocycles. The Balaban J connectivity index is 2.76. The molecule has 0 amide bonds. The molecule has 0 aliphatic heterocycles. The van der Waals surface area contributed by atoms with Crippen molar-refractivity contribution >= 4 is 22.4 Å². The first-order chi connectivity index (χ1) is 15.4. The van der Waals surface area contributed by atoms with Gasteiger partial charge in [0.1, 0.15) is 11.9 Å². The molecule has 3 rings (SSSR count). The highest BCUT2D eigenvalue weighted by atomic mass is 19.1. The Labute approximate surface area is 181 Å². The standard InChI is InChI=1S/C23H3FN8/c1-10-15-17(13(8-27)29-2)11(6-25)12(7-26)18(15)21(24)20-16(10)19(14(9-28)30-3)22(31-4)23(20)32-5/h1H3/b17-13-,19-14-. The Morgan fingerprint density at radius 2 is 1.22 bits per heavy atom. The van der Waals surface area contributed by atoms with Crippen molar-refractivity contribution in [3.63, 3.8) is 0 Å². The average molecular weight is 410 g/mol. The third kappa shape index (κ3) is 2.33. The number of halogens is 1. The van der Waals surface area contributed by atoms with E-state index in [1.807, 2.05) is 0 Å². The van der Waals surface area contributed by atoms with Gasteiger partial charge in [-0.1, -0.05) is 0 Å². The Morgan fingerprint density at radius 1 is 0.719 bits per heavy atom. The van der Waals surface area contributed by atoms with Gasteiger partial charge in [0.2, 0.25) is 5.70 Å². The van der Waals surface area contributed by atoms with E-state index in [4.69, 9.17) is 26.3 Å². The molecule has 142 valence electrons. The van der Waals surface area contributed by atoms with E-state index in [9.17, 15) is 21.0 Å². The Kier molecular flexibility index (Phi) is 4.84. The summed E-state index contributed by atoms with van der Waals surface area (Å²) in [6, 6.07) is 6.77. The lowest BCUT2D eigenvalue weighted by Gasteiger charge is -2.17. The number of allylic oxidation sites excluding steroid dienone is 6. The first kappa shape index (κ1) is 20.8. The summed E-state index contributed by atoms with van der Waals surface area (Å²) in [6.45, 7) is 30.9. The van der Waals surface area contributed by atoms with Crippen molar-refractivity contribution in [2.45, 2.75) is 6.92 Å². The molecule has 32 heavy (non-hydrogen) atoms. The maximum Gasteiger partial charge on any atom is 0.270 e. The van der Waals surface area contributed by atoms with E-state index in [0.29, 0.717) is 0 Å². The number of nitrogens with zero attached hydrogens (tertiary/aromatic N) is 8. The van der Waals surface area contributed by atoms with Gasteiger partial charge >= 0.3 is 0 Å². The minimum Gasteiger partial charge on any atom is -0.251 e. The molecule has 0 spiro atoms. The zero-order valence-corrected chi connectivity index (χ0v) is 16.0. The van der Waals surface area contributed by atoms with Crippen LogP contribution in [0.15, 0.2) is 22.7 Å². The zero-order valence-electron chi connectivity index (χ0n) is 16.0. The maximum absolute atomic E-state index is 15.9. The van der Waals surface area contributed by atoms with Gasteiger partial charge in [0, 0.05) is 16.7 Å². The van der Waals surface area contributed by atoms with Gasteiger partial charge in [-0.3, -0.25) is 4.85 Å². The van der Waals surface area contributed by atoms with Crippen molar-refractivity contribution in [2.75, 3.05) is 0 Å². The maximum atomic E-state index is 15.9. The molecule has 9 heteroatoms. The molecule has 0 aromatic heterocycles. The van der Waals surface area contributed by atoms with Crippen LogP contribution >= 0.6 is 0 Å².